The molecule has 1 saturated carbocycles. The van der Waals surface area contributed by atoms with Crippen molar-refractivity contribution in [1.82, 2.24) is 15.5 Å². The fourth-order valence-electron chi connectivity index (χ4n) is 4.00. The van der Waals surface area contributed by atoms with Crippen LogP contribution >= 0.6 is 0 Å². The number of benzene rings is 1. The van der Waals surface area contributed by atoms with Crippen LogP contribution in [-0.4, -0.2) is 54.0 Å². The Kier molecular flexibility index (Phi) is 6.51. The van der Waals surface area contributed by atoms with Crippen molar-refractivity contribution in [2.24, 2.45) is 5.92 Å². The monoisotopic (exact) mass is 401 g/mol. The summed E-state index contributed by atoms with van der Waals surface area (Å²) in [6.07, 6.45) is 3.98. The van der Waals surface area contributed by atoms with E-state index in [9.17, 15) is 19.2 Å². The van der Waals surface area contributed by atoms with Crippen LogP contribution in [0.4, 0.5) is 4.79 Å². The molecule has 2 N–H and O–H groups in total. The van der Waals surface area contributed by atoms with Crippen molar-refractivity contribution in [3.63, 3.8) is 0 Å². The average molecular weight is 401 g/mol. The van der Waals surface area contributed by atoms with E-state index in [1.165, 1.54) is 0 Å². The third kappa shape index (κ3) is 4.75. The molecule has 0 bridgehead atoms. The van der Waals surface area contributed by atoms with Gasteiger partial charge in [0.15, 0.2) is 6.61 Å². The first-order chi connectivity index (χ1) is 13.9. The summed E-state index contributed by atoms with van der Waals surface area (Å²) in [6, 6.07) is 9.12. The van der Waals surface area contributed by atoms with Crippen LogP contribution in [0, 0.1) is 5.92 Å². The van der Waals surface area contributed by atoms with Gasteiger partial charge in [-0.1, -0.05) is 50.1 Å². The van der Waals surface area contributed by atoms with Gasteiger partial charge in [0.1, 0.15) is 12.1 Å². The Morgan fingerprint density at radius 1 is 1.24 bits per heavy atom. The van der Waals surface area contributed by atoms with Gasteiger partial charge in [-0.2, -0.15) is 0 Å². The molecule has 1 aromatic carbocycles. The second-order valence-corrected chi connectivity index (χ2v) is 7.69. The summed E-state index contributed by atoms with van der Waals surface area (Å²) in [5.41, 5.74) is 0.180. The van der Waals surface area contributed by atoms with Crippen LogP contribution in [-0.2, 0) is 25.5 Å². The van der Waals surface area contributed by atoms with E-state index in [1.54, 1.807) is 0 Å². The Balaban J connectivity index is 1.42. The van der Waals surface area contributed by atoms with Gasteiger partial charge in [0.05, 0.1) is 0 Å². The van der Waals surface area contributed by atoms with Gasteiger partial charge in [-0.05, 0) is 30.7 Å². The number of ether oxygens (including phenoxy) is 1. The normalized spacial score (nSPS) is 23.8. The van der Waals surface area contributed by atoms with Crippen LogP contribution < -0.4 is 10.6 Å². The number of nitrogens with zero attached hydrogens (tertiary/aromatic N) is 1. The van der Waals surface area contributed by atoms with Crippen molar-refractivity contribution in [3.05, 3.63) is 35.9 Å². The number of amides is 4. The quantitative estimate of drug-likeness (QED) is 0.531. The number of urea groups is 1. The van der Waals surface area contributed by atoms with Gasteiger partial charge in [-0.15, -0.1) is 0 Å². The summed E-state index contributed by atoms with van der Waals surface area (Å²) in [5.74, 6) is -1.57. The number of carbonyl (C=O) groups excluding carboxylic acids is 4. The predicted molar refractivity (Wildman–Crippen MR) is 105 cm³/mol. The first-order valence-electron chi connectivity index (χ1n) is 10.0. The minimum atomic E-state index is -0.912. The fraction of sp³-hybridized carbons (Fsp3) is 0.524. The number of nitrogens with one attached hydrogen (secondary N) is 2. The Bertz CT molecular complexity index is 782. The zero-order valence-electron chi connectivity index (χ0n) is 16.6. The van der Waals surface area contributed by atoms with E-state index in [4.69, 9.17) is 4.74 Å². The molecule has 8 nitrogen and oxygen atoms in total. The van der Waals surface area contributed by atoms with Gasteiger partial charge in [0.2, 0.25) is 0 Å². The molecule has 2 fully saturated rings. The van der Waals surface area contributed by atoms with E-state index in [2.05, 4.69) is 10.6 Å². The molecule has 29 heavy (non-hydrogen) atoms. The number of imide groups is 1. The Hall–Kier alpha value is -2.90. The summed E-state index contributed by atoms with van der Waals surface area (Å²) < 4.78 is 4.94. The van der Waals surface area contributed by atoms with E-state index >= 15 is 0 Å². The van der Waals surface area contributed by atoms with Crippen LogP contribution in [0.25, 0.3) is 0 Å². The lowest BCUT2D eigenvalue weighted by atomic mass is 9.73. The third-order valence-corrected chi connectivity index (χ3v) is 5.73. The summed E-state index contributed by atoms with van der Waals surface area (Å²) in [6.45, 7) is 1.43. The van der Waals surface area contributed by atoms with Crippen LogP contribution in [0.3, 0.4) is 0 Å². The van der Waals surface area contributed by atoms with Crippen molar-refractivity contribution in [1.29, 1.82) is 0 Å². The Labute approximate surface area is 170 Å². The van der Waals surface area contributed by atoms with Crippen LogP contribution in [0.2, 0.25) is 0 Å². The first kappa shape index (κ1) is 20.8. The van der Waals surface area contributed by atoms with E-state index < -0.39 is 36.6 Å². The molecule has 4 amide bonds. The Morgan fingerprint density at radius 3 is 2.72 bits per heavy atom. The van der Waals surface area contributed by atoms with Crippen LogP contribution in [0.5, 0.6) is 0 Å². The number of rotatable bonds is 7. The molecule has 1 aliphatic carbocycles. The van der Waals surface area contributed by atoms with Crippen LogP contribution in [0.15, 0.2) is 30.3 Å². The van der Waals surface area contributed by atoms with Crippen LogP contribution in [0.1, 0.15) is 38.2 Å². The second kappa shape index (κ2) is 9.07. The van der Waals surface area contributed by atoms with E-state index in [1.807, 2.05) is 37.3 Å². The molecule has 1 saturated heterocycles. The second-order valence-electron chi connectivity index (χ2n) is 7.69. The van der Waals surface area contributed by atoms with Crippen molar-refractivity contribution >= 4 is 23.8 Å². The molecule has 0 unspecified atom stereocenters. The zero-order valence-corrected chi connectivity index (χ0v) is 16.6. The molecular weight excluding hydrogens is 374 g/mol. The molecule has 0 aromatic heterocycles. The first-order valence-corrected chi connectivity index (χ1v) is 10.0. The standard InChI is InChI=1S/C21H27N3O5/c1-15-7-5-6-11-21(15)19(27)24(20(28)23-21)13-18(26)29-14-17(25)22-12-10-16-8-3-2-4-9-16/h2-4,8-9,15H,5-7,10-14H2,1H3,(H,22,25)(H,23,28)/t15-,21-/m0/s1. The van der Waals surface area contributed by atoms with Gasteiger partial charge in [0.25, 0.3) is 11.8 Å². The summed E-state index contributed by atoms with van der Waals surface area (Å²) in [4.78, 5) is 49.9. The summed E-state index contributed by atoms with van der Waals surface area (Å²) >= 11 is 0. The molecule has 1 aromatic rings. The van der Waals surface area contributed by atoms with Crippen molar-refractivity contribution in [2.45, 2.75) is 44.6 Å². The van der Waals surface area contributed by atoms with Gasteiger partial charge in [-0.25, -0.2) is 4.79 Å². The highest BCUT2D eigenvalue weighted by molar-refractivity contribution is 6.09. The molecule has 2 aliphatic rings. The molecule has 2 atom stereocenters. The lowest BCUT2D eigenvalue weighted by molar-refractivity contribution is -0.151. The molecule has 0 radical (unpaired) electrons. The molecular formula is C21H27N3O5. The van der Waals surface area contributed by atoms with Gasteiger partial charge in [0, 0.05) is 6.54 Å². The number of hydrogen-bond donors (Lipinski definition) is 2. The average Bonchev–Trinajstić information content (AvgIpc) is 2.94. The van der Waals surface area contributed by atoms with Gasteiger partial charge >= 0.3 is 12.0 Å². The summed E-state index contributed by atoms with van der Waals surface area (Å²) in [7, 11) is 0. The molecule has 3 rings (SSSR count). The van der Waals surface area contributed by atoms with E-state index in [0.29, 0.717) is 19.4 Å². The predicted octanol–water partition coefficient (Wildman–Crippen LogP) is 1.39. The van der Waals surface area contributed by atoms with Crippen molar-refractivity contribution in [3.8, 4) is 0 Å². The number of esters is 1. The SMILES string of the molecule is C[C@H]1CCCC[C@]12NC(=O)N(CC(=O)OCC(=O)NCCc1ccccc1)C2=O. The lowest BCUT2D eigenvalue weighted by Gasteiger charge is -2.36. The fourth-order valence-corrected chi connectivity index (χ4v) is 4.00. The zero-order chi connectivity index (χ0) is 20.9. The number of hydrogen-bond acceptors (Lipinski definition) is 5. The molecule has 1 spiro atoms. The maximum atomic E-state index is 12.8. The largest absolute Gasteiger partial charge is 0.454 e. The maximum Gasteiger partial charge on any atom is 0.326 e. The smallest absolute Gasteiger partial charge is 0.326 e. The lowest BCUT2D eigenvalue weighted by Crippen LogP contribution is -2.54. The highest BCUT2D eigenvalue weighted by atomic mass is 16.5. The van der Waals surface area contributed by atoms with Crippen molar-refractivity contribution < 1.29 is 23.9 Å². The topological polar surface area (TPSA) is 105 Å². The van der Waals surface area contributed by atoms with E-state index in [-0.39, 0.29) is 11.8 Å². The number of carbonyl (C=O) groups is 4. The summed E-state index contributed by atoms with van der Waals surface area (Å²) in [5, 5.41) is 5.46. The highest BCUT2D eigenvalue weighted by Crippen LogP contribution is 2.38. The molecule has 1 aliphatic heterocycles. The molecule has 1 heterocycles. The minimum Gasteiger partial charge on any atom is -0.454 e. The molecule has 8 heteroatoms. The van der Waals surface area contributed by atoms with E-state index in [0.717, 1.165) is 29.7 Å². The minimum absolute atomic E-state index is 0.0177. The van der Waals surface area contributed by atoms with Gasteiger partial charge in [-0.3, -0.25) is 19.3 Å². The Morgan fingerprint density at radius 2 is 2.00 bits per heavy atom. The van der Waals surface area contributed by atoms with Crippen molar-refractivity contribution in [2.75, 3.05) is 19.7 Å². The van der Waals surface area contributed by atoms with Gasteiger partial charge < -0.3 is 15.4 Å². The highest BCUT2D eigenvalue weighted by Gasteiger charge is 2.55. The maximum absolute atomic E-state index is 12.8. The third-order valence-electron chi connectivity index (χ3n) is 5.73. The molecule has 156 valence electrons.